The van der Waals surface area contributed by atoms with Crippen LogP contribution in [0.2, 0.25) is 0 Å². The van der Waals surface area contributed by atoms with Crippen LogP contribution in [0.1, 0.15) is 34.1 Å². The van der Waals surface area contributed by atoms with E-state index in [2.05, 4.69) is 75.0 Å². The van der Waals surface area contributed by atoms with Crippen LogP contribution < -0.4 is 4.59 Å². The molecule has 1 aromatic carbocycles. The molecular formula is C19H25N4+. The molecule has 0 N–H and O–H groups in total. The van der Waals surface area contributed by atoms with Gasteiger partial charge >= 0.3 is 0 Å². The zero-order valence-corrected chi connectivity index (χ0v) is 14.7. The molecule has 0 saturated carbocycles. The molecular weight excluding hydrogens is 284 g/mol. The van der Waals surface area contributed by atoms with Crippen molar-refractivity contribution in [1.29, 1.82) is 0 Å². The van der Waals surface area contributed by atoms with Crippen LogP contribution in [-0.2, 0) is 0 Å². The van der Waals surface area contributed by atoms with Crippen molar-refractivity contribution < 1.29 is 0 Å². The Hall–Kier alpha value is -1.91. The van der Waals surface area contributed by atoms with Crippen molar-refractivity contribution in [1.82, 2.24) is 14.5 Å². The van der Waals surface area contributed by atoms with E-state index in [0.29, 0.717) is 10.8 Å². The van der Waals surface area contributed by atoms with E-state index >= 15 is 0 Å². The number of para-hydroxylation sites is 1. The highest BCUT2D eigenvalue weighted by molar-refractivity contribution is 5.85. The van der Waals surface area contributed by atoms with Gasteiger partial charge in [-0.3, -0.25) is 0 Å². The lowest BCUT2D eigenvalue weighted by Crippen LogP contribution is -2.62. The highest BCUT2D eigenvalue weighted by Gasteiger charge is 2.65. The number of amidine groups is 1. The number of hydrogen-bond donors (Lipinski definition) is 0. The van der Waals surface area contributed by atoms with Crippen LogP contribution in [0, 0.1) is 0 Å². The third-order valence-corrected chi connectivity index (χ3v) is 5.63. The number of aliphatic imine (C=N–C) groups is 1. The summed E-state index contributed by atoms with van der Waals surface area (Å²) < 4.78 is 0.683. The topological polar surface area (TPSA) is 18.8 Å². The standard InChI is InChI=1S/C19H25N4/c1-6-12-22-19-17-13(2)14(3)23(22,16-10-8-7-9-11-16)18(17)20-15(4)21(19)5/h7-11,19H,6,12H2,1-5H3/q+1. The molecule has 2 atom stereocenters. The first-order chi connectivity index (χ1) is 11.0. The summed E-state index contributed by atoms with van der Waals surface area (Å²) in [6.45, 7) is 9.95. The van der Waals surface area contributed by atoms with E-state index in [4.69, 9.17) is 4.99 Å². The van der Waals surface area contributed by atoms with Crippen LogP contribution >= 0.6 is 0 Å². The Morgan fingerprint density at radius 2 is 1.83 bits per heavy atom. The number of rotatable bonds is 3. The van der Waals surface area contributed by atoms with Gasteiger partial charge in [0.1, 0.15) is 11.5 Å². The third-order valence-electron chi connectivity index (χ3n) is 5.63. The fourth-order valence-electron chi connectivity index (χ4n) is 4.42. The zero-order valence-electron chi connectivity index (χ0n) is 14.7. The minimum Gasteiger partial charge on any atom is -0.339 e. The molecule has 4 rings (SSSR count). The summed E-state index contributed by atoms with van der Waals surface area (Å²) in [5.74, 6) is 2.31. The summed E-state index contributed by atoms with van der Waals surface area (Å²) in [6.07, 6.45) is 1.43. The fraction of sp³-hybridized carbons (Fsp3) is 0.421. The summed E-state index contributed by atoms with van der Waals surface area (Å²) in [5, 5.41) is 2.60. The Kier molecular flexibility index (Phi) is 3.06. The molecule has 0 spiro atoms. The Morgan fingerprint density at radius 3 is 2.48 bits per heavy atom. The van der Waals surface area contributed by atoms with Gasteiger partial charge in [0.2, 0.25) is 0 Å². The Labute approximate surface area is 138 Å². The van der Waals surface area contributed by atoms with Crippen molar-refractivity contribution in [2.75, 3.05) is 13.6 Å². The summed E-state index contributed by atoms with van der Waals surface area (Å²) in [6, 6.07) is 10.8. The largest absolute Gasteiger partial charge is 0.339 e. The van der Waals surface area contributed by atoms with Crippen molar-refractivity contribution in [3.8, 4) is 0 Å². The van der Waals surface area contributed by atoms with Gasteiger partial charge < -0.3 is 4.90 Å². The average Bonchev–Trinajstić information content (AvgIpc) is 2.91. The highest BCUT2D eigenvalue weighted by atomic mass is 15.8. The van der Waals surface area contributed by atoms with Crippen LogP contribution in [-0.4, -0.2) is 35.5 Å². The lowest BCUT2D eigenvalue weighted by molar-refractivity contribution is 0.000562. The monoisotopic (exact) mass is 309 g/mol. The van der Waals surface area contributed by atoms with Gasteiger partial charge in [0.05, 0.1) is 12.1 Å². The van der Waals surface area contributed by atoms with Crippen molar-refractivity contribution in [2.45, 2.75) is 40.3 Å². The molecule has 3 heterocycles. The predicted octanol–water partition coefficient (Wildman–Crippen LogP) is 3.84. The molecule has 3 aliphatic heterocycles. The second-order valence-corrected chi connectivity index (χ2v) is 6.73. The van der Waals surface area contributed by atoms with E-state index in [1.165, 1.54) is 28.4 Å². The lowest BCUT2D eigenvalue weighted by Gasteiger charge is -2.44. The fourth-order valence-corrected chi connectivity index (χ4v) is 4.42. The van der Waals surface area contributed by atoms with E-state index in [1.54, 1.807) is 0 Å². The van der Waals surface area contributed by atoms with Gasteiger partial charge in [0.15, 0.2) is 11.9 Å². The number of quaternary nitrogens is 1. The summed E-state index contributed by atoms with van der Waals surface area (Å²) >= 11 is 0. The molecule has 1 aromatic rings. The number of benzene rings is 1. The Balaban J connectivity index is 2.03. The van der Waals surface area contributed by atoms with E-state index in [9.17, 15) is 0 Å². The molecule has 0 aliphatic carbocycles. The van der Waals surface area contributed by atoms with E-state index in [1.807, 2.05) is 0 Å². The molecule has 4 nitrogen and oxygen atoms in total. The number of likely N-dealkylation sites (N-methyl/N-ethyl adjacent to an activating group) is 1. The summed E-state index contributed by atoms with van der Waals surface area (Å²) in [4.78, 5) is 7.37. The molecule has 120 valence electrons. The Bertz CT molecular complexity index is 759. The smallest absolute Gasteiger partial charge is 0.266 e. The quantitative estimate of drug-likeness (QED) is 0.790. The molecule has 0 aromatic heterocycles. The SMILES string of the molecule is CCCN1C2C3=C(N=C(C)N2C)[N+]1(c1ccccc1)C(C)=C3C. The molecule has 4 bridgehead atoms. The van der Waals surface area contributed by atoms with Gasteiger partial charge in [-0.2, -0.15) is 4.99 Å². The van der Waals surface area contributed by atoms with Gasteiger partial charge in [-0.1, -0.05) is 25.1 Å². The van der Waals surface area contributed by atoms with Crippen molar-refractivity contribution in [2.24, 2.45) is 4.99 Å². The van der Waals surface area contributed by atoms with Gasteiger partial charge in [0.25, 0.3) is 5.82 Å². The summed E-state index contributed by atoms with van der Waals surface area (Å²) in [5.41, 5.74) is 5.49. The molecule has 0 fully saturated rings. The normalized spacial score (nSPS) is 29.7. The van der Waals surface area contributed by atoms with Crippen LogP contribution in [0.15, 0.2) is 58.0 Å². The first-order valence-electron chi connectivity index (χ1n) is 8.48. The molecule has 0 radical (unpaired) electrons. The van der Waals surface area contributed by atoms with Gasteiger partial charge in [0, 0.05) is 31.7 Å². The molecule has 23 heavy (non-hydrogen) atoms. The van der Waals surface area contributed by atoms with Crippen LogP contribution in [0.25, 0.3) is 0 Å². The molecule has 4 heteroatoms. The van der Waals surface area contributed by atoms with Crippen molar-refractivity contribution in [3.05, 3.63) is 53.0 Å². The second-order valence-electron chi connectivity index (χ2n) is 6.73. The van der Waals surface area contributed by atoms with Gasteiger partial charge in [-0.05, 0) is 20.3 Å². The van der Waals surface area contributed by atoms with E-state index < -0.39 is 0 Å². The minimum atomic E-state index is 0.298. The molecule has 3 aliphatic rings. The van der Waals surface area contributed by atoms with Crippen molar-refractivity contribution >= 4 is 11.5 Å². The minimum absolute atomic E-state index is 0.298. The highest BCUT2D eigenvalue weighted by Crippen LogP contribution is 2.56. The molecule has 0 amide bonds. The molecule has 2 unspecified atom stereocenters. The first kappa shape index (κ1) is 14.7. The second kappa shape index (κ2) is 4.79. The maximum Gasteiger partial charge on any atom is 0.266 e. The van der Waals surface area contributed by atoms with Gasteiger partial charge in [-0.25, -0.2) is 0 Å². The van der Waals surface area contributed by atoms with Gasteiger partial charge in [-0.15, -0.1) is 9.60 Å². The first-order valence-corrected chi connectivity index (χ1v) is 8.48. The lowest BCUT2D eigenvalue weighted by atomic mass is 10.0. The number of allylic oxidation sites excluding steroid dienone is 1. The zero-order chi connectivity index (χ0) is 16.4. The van der Waals surface area contributed by atoms with E-state index in [-0.39, 0.29) is 0 Å². The third kappa shape index (κ3) is 1.55. The number of nitrogens with zero attached hydrogens (tertiary/aromatic N) is 4. The average molecular weight is 309 g/mol. The van der Waals surface area contributed by atoms with Crippen LogP contribution in [0.3, 0.4) is 0 Å². The maximum atomic E-state index is 5.04. The van der Waals surface area contributed by atoms with Crippen LogP contribution in [0.5, 0.6) is 0 Å². The summed E-state index contributed by atoms with van der Waals surface area (Å²) in [7, 11) is 2.17. The van der Waals surface area contributed by atoms with Crippen LogP contribution in [0.4, 0.5) is 5.69 Å². The predicted molar refractivity (Wildman–Crippen MR) is 95.3 cm³/mol. The maximum absolute atomic E-state index is 5.04. The van der Waals surface area contributed by atoms with Crippen molar-refractivity contribution in [3.63, 3.8) is 0 Å². The number of hydrogen-bond acceptors (Lipinski definition) is 3. The molecule has 0 saturated heterocycles. The Morgan fingerprint density at radius 1 is 1.13 bits per heavy atom. The van der Waals surface area contributed by atoms with E-state index in [0.717, 1.165) is 18.8 Å².